The van der Waals surface area contributed by atoms with Gasteiger partial charge in [-0.05, 0) is 25.9 Å². The highest BCUT2D eigenvalue weighted by Crippen LogP contribution is 2.05. The van der Waals surface area contributed by atoms with Gasteiger partial charge in [-0.1, -0.05) is 13.3 Å². The minimum Gasteiger partial charge on any atom is -0.313 e. The molecule has 0 radical (unpaired) electrons. The Morgan fingerprint density at radius 3 is 3.00 bits per heavy atom. The summed E-state index contributed by atoms with van der Waals surface area (Å²) in [4.78, 5) is 2.46. The zero-order valence-electron chi connectivity index (χ0n) is 10.00. The van der Waals surface area contributed by atoms with Gasteiger partial charge in [0.15, 0.2) is 0 Å². The molecule has 1 fully saturated rings. The van der Waals surface area contributed by atoms with E-state index in [1.165, 1.54) is 19.3 Å². The van der Waals surface area contributed by atoms with Gasteiger partial charge < -0.3 is 10.2 Å². The Morgan fingerprint density at radius 1 is 1.53 bits per heavy atom. The summed E-state index contributed by atoms with van der Waals surface area (Å²) in [5.74, 6) is 0.818. The Hall–Kier alpha value is 0.0700. The van der Waals surface area contributed by atoms with E-state index in [0.717, 1.165) is 31.9 Å². The molecule has 1 aliphatic rings. The summed E-state index contributed by atoms with van der Waals surface area (Å²) >= 11 is 0. The summed E-state index contributed by atoms with van der Waals surface area (Å²) in [7, 11) is -0.650. The van der Waals surface area contributed by atoms with Gasteiger partial charge in [-0.2, -0.15) is 0 Å². The van der Waals surface area contributed by atoms with E-state index >= 15 is 0 Å². The maximum atomic E-state index is 11.0. The van der Waals surface area contributed by atoms with E-state index < -0.39 is 10.8 Å². The standard InChI is InChI=1S/C11H24N2OS/c1-3-5-11-10-13(7-4-6-12-11)8-9-15(2)14/h11-12H,3-10H2,1-2H3. The van der Waals surface area contributed by atoms with Gasteiger partial charge in [0.2, 0.25) is 0 Å². The molecule has 1 aliphatic heterocycles. The van der Waals surface area contributed by atoms with Gasteiger partial charge in [-0.15, -0.1) is 0 Å². The number of rotatable bonds is 5. The topological polar surface area (TPSA) is 32.3 Å². The molecule has 1 N–H and O–H groups in total. The molecule has 0 aromatic heterocycles. The quantitative estimate of drug-likeness (QED) is 0.762. The van der Waals surface area contributed by atoms with Gasteiger partial charge in [0.25, 0.3) is 0 Å². The third kappa shape index (κ3) is 5.64. The van der Waals surface area contributed by atoms with Gasteiger partial charge in [0.05, 0.1) is 0 Å². The lowest BCUT2D eigenvalue weighted by Crippen LogP contribution is -2.38. The van der Waals surface area contributed by atoms with Crippen molar-refractivity contribution in [2.45, 2.75) is 32.2 Å². The van der Waals surface area contributed by atoms with Crippen molar-refractivity contribution in [1.29, 1.82) is 0 Å². The van der Waals surface area contributed by atoms with Crippen molar-refractivity contribution in [2.75, 3.05) is 38.2 Å². The Kier molecular flexibility index (Phi) is 6.45. The van der Waals surface area contributed by atoms with Crippen molar-refractivity contribution in [3.8, 4) is 0 Å². The van der Waals surface area contributed by atoms with E-state index in [1.54, 1.807) is 6.26 Å². The largest absolute Gasteiger partial charge is 0.313 e. The molecule has 0 aliphatic carbocycles. The van der Waals surface area contributed by atoms with E-state index in [0.29, 0.717) is 6.04 Å². The SMILES string of the molecule is CCCC1CN(CCS(C)=O)CCCN1. The maximum Gasteiger partial charge on any atom is 0.0359 e. The number of hydrogen-bond acceptors (Lipinski definition) is 3. The lowest BCUT2D eigenvalue weighted by Gasteiger charge is -2.23. The second kappa shape index (κ2) is 7.36. The van der Waals surface area contributed by atoms with Crippen LogP contribution in [-0.2, 0) is 10.8 Å². The smallest absolute Gasteiger partial charge is 0.0359 e. The van der Waals surface area contributed by atoms with Crippen LogP contribution in [0.1, 0.15) is 26.2 Å². The molecule has 1 saturated heterocycles. The Bertz CT molecular complexity index is 199. The summed E-state index contributed by atoms with van der Waals surface area (Å²) in [5.41, 5.74) is 0. The van der Waals surface area contributed by atoms with E-state index in [1.807, 2.05) is 0 Å². The normalized spacial score (nSPS) is 26.1. The molecule has 1 rings (SSSR count). The highest BCUT2D eigenvalue weighted by molar-refractivity contribution is 7.84. The highest BCUT2D eigenvalue weighted by atomic mass is 32.2. The van der Waals surface area contributed by atoms with Crippen molar-refractivity contribution in [2.24, 2.45) is 0 Å². The predicted molar refractivity (Wildman–Crippen MR) is 66.7 cm³/mol. The number of nitrogens with zero attached hydrogens (tertiary/aromatic N) is 1. The van der Waals surface area contributed by atoms with Gasteiger partial charge >= 0.3 is 0 Å². The molecule has 2 unspecified atom stereocenters. The third-order valence-electron chi connectivity index (χ3n) is 2.89. The van der Waals surface area contributed by atoms with Crippen molar-refractivity contribution in [3.63, 3.8) is 0 Å². The molecule has 4 heteroatoms. The van der Waals surface area contributed by atoms with Crippen molar-refractivity contribution in [3.05, 3.63) is 0 Å². The molecule has 15 heavy (non-hydrogen) atoms. The molecule has 0 amide bonds. The Balaban J connectivity index is 2.31. The third-order valence-corrected chi connectivity index (χ3v) is 3.65. The molecule has 2 atom stereocenters. The van der Waals surface area contributed by atoms with Crippen LogP contribution in [-0.4, -0.2) is 53.3 Å². The van der Waals surface area contributed by atoms with Crippen LogP contribution in [0.2, 0.25) is 0 Å². The first-order valence-corrected chi connectivity index (χ1v) is 7.71. The van der Waals surface area contributed by atoms with Gasteiger partial charge in [0, 0.05) is 41.9 Å². The fourth-order valence-corrected chi connectivity index (χ4v) is 2.59. The molecule has 0 aromatic carbocycles. The summed E-state index contributed by atoms with van der Waals surface area (Å²) in [6, 6.07) is 0.641. The van der Waals surface area contributed by atoms with Crippen LogP contribution in [0.3, 0.4) is 0 Å². The average molecular weight is 232 g/mol. The first-order chi connectivity index (χ1) is 7.22. The highest BCUT2D eigenvalue weighted by Gasteiger charge is 2.16. The predicted octanol–water partition coefficient (Wildman–Crippen LogP) is 0.829. The van der Waals surface area contributed by atoms with Crippen LogP contribution in [0.5, 0.6) is 0 Å². The summed E-state index contributed by atoms with van der Waals surface area (Å²) in [6.07, 6.45) is 5.51. The lowest BCUT2D eigenvalue weighted by atomic mass is 10.1. The van der Waals surface area contributed by atoms with Crippen LogP contribution in [0, 0.1) is 0 Å². The fraction of sp³-hybridized carbons (Fsp3) is 1.00. The minimum absolute atomic E-state index is 0.641. The van der Waals surface area contributed by atoms with Crippen LogP contribution < -0.4 is 5.32 Å². The number of hydrogen-bond donors (Lipinski definition) is 1. The second-order valence-electron chi connectivity index (χ2n) is 4.37. The van der Waals surface area contributed by atoms with Crippen LogP contribution >= 0.6 is 0 Å². The zero-order chi connectivity index (χ0) is 11.1. The van der Waals surface area contributed by atoms with Crippen molar-refractivity contribution < 1.29 is 4.21 Å². The monoisotopic (exact) mass is 232 g/mol. The molecule has 0 aromatic rings. The molecule has 0 bridgehead atoms. The molecule has 1 heterocycles. The minimum atomic E-state index is -0.650. The molecule has 0 spiro atoms. The zero-order valence-corrected chi connectivity index (χ0v) is 10.8. The second-order valence-corrected chi connectivity index (χ2v) is 5.93. The van der Waals surface area contributed by atoms with E-state index in [-0.39, 0.29) is 0 Å². The first kappa shape index (κ1) is 13.1. The van der Waals surface area contributed by atoms with Crippen molar-refractivity contribution in [1.82, 2.24) is 10.2 Å². The fourth-order valence-electron chi connectivity index (χ4n) is 2.08. The van der Waals surface area contributed by atoms with Gasteiger partial charge in [0.1, 0.15) is 0 Å². The summed E-state index contributed by atoms with van der Waals surface area (Å²) in [5, 5.41) is 3.58. The summed E-state index contributed by atoms with van der Waals surface area (Å²) < 4.78 is 11.0. The van der Waals surface area contributed by atoms with Crippen LogP contribution in [0.4, 0.5) is 0 Å². The van der Waals surface area contributed by atoms with E-state index in [4.69, 9.17) is 0 Å². The molecule has 90 valence electrons. The molecule has 3 nitrogen and oxygen atoms in total. The summed E-state index contributed by atoms with van der Waals surface area (Å²) in [6.45, 7) is 6.65. The van der Waals surface area contributed by atoms with Crippen molar-refractivity contribution >= 4 is 10.8 Å². The van der Waals surface area contributed by atoms with Crippen LogP contribution in [0.25, 0.3) is 0 Å². The average Bonchev–Trinajstić information content (AvgIpc) is 2.41. The van der Waals surface area contributed by atoms with Crippen LogP contribution in [0.15, 0.2) is 0 Å². The van der Waals surface area contributed by atoms with E-state index in [2.05, 4.69) is 17.1 Å². The van der Waals surface area contributed by atoms with Gasteiger partial charge in [-0.25, -0.2) is 0 Å². The molecule has 0 saturated carbocycles. The Labute approximate surface area is 96.1 Å². The van der Waals surface area contributed by atoms with Gasteiger partial charge in [-0.3, -0.25) is 4.21 Å². The molecular weight excluding hydrogens is 208 g/mol. The lowest BCUT2D eigenvalue weighted by molar-refractivity contribution is 0.277. The number of nitrogens with one attached hydrogen (secondary N) is 1. The van der Waals surface area contributed by atoms with E-state index in [9.17, 15) is 4.21 Å². The first-order valence-electron chi connectivity index (χ1n) is 5.98. The molecular formula is C11H24N2OS. The Morgan fingerprint density at radius 2 is 2.33 bits per heavy atom. The maximum absolute atomic E-state index is 11.0.